The van der Waals surface area contributed by atoms with Crippen LogP contribution in [-0.2, 0) is 14.3 Å². The molecule has 3 unspecified atom stereocenters. The molecule has 2 aliphatic carbocycles. The molecule has 24 heavy (non-hydrogen) atoms. The molecule has 0 bridgehead atoms. The molecular weight excluding hydrogens is 314 g/mol. The normalized spacial score (nSPS) is 27.8. The molecule has 0 aromatic carbocycles. The summed E-state index contributed by atoms with van der Waals surface area (Å²) in [5.74, 6) is -0.617. The minimum atomic E-state index is -1.81. The van der Waals surface area contributed by atoms with E-state index in [0.29, 0.717) is 11.1 Å². The predicted molar refractivity (Wildman–Crippen MR) is 87.3 cm³/mol. The Morgan fingerprint density at radius 1 is 1.33 bits per heavy atom. The summed E-state index contributed by atoms with van der Waals surface area (Å²) in [5.41, 5.74) is 1.91. The second-order valence-corrected chi connectivity index (χ2v) is 7.48. The molecule has 0 amide bonds. The first-order valence-corrected chi connectivity index (χ1v) is 8.15. The first-order valence-electron chi connectivity index (χ1n) is 8.15. The average Bonchev–Trinajstić information content (AvgIpc) is 2.85. The second-order valence-electron chi connectivity index (χ2n) is 7.48. The van der Waals surface area contributed by atoms with Gasteiger partial charge in [0.2, 0.25) is 0 Å². The van der Waals surface area contributed by atoms with Gasteiger partial charge >= 0.3 is 5.97 Å². The molecule has 2 aliphatic rings. The number of rotatable bonds is 5. The van der Waals surface area contributed by atoms with Gasteiger partial charge in [0.15, 0.2) is 5.78 Å². The lowest BCUT2D eigenvalue weighted by molar-refractivity contribution is -0.150. The average molecular weight is 338 g/mol. The van der Waals surface area contributed by atoms with Crippen molar-refractivity contribution in [2.45, 2.75) is 53.6 Å². The van der Waals surface area contributed by atoms with Crippen LogP contribution in [0.4, 0.5) is 8.78 Å². The van der Waals surface area contributed by atoms with Gasteiger partial charge in [0.25, 0.3) is 6.08 Å². The zero-order chi connectivity index (χ0) is 18.2. The minimum Gasteiger partial charge on any atom is -0.457 e. The summed E-state index contributed by atoms with van der Waals surface area (Å²) >= 11 is 0. The molecule has 0 aromatic heterocycles. The number of ketones is 1. The Morgan fingerprint density at radius 2 is 1.96 bits per heavy atom. The second kappa shape index (κ2) is 6.61. The minimum absolute atomic E-state index is 0.0507. The van der Waals surface area contributed by atoms with Crippen molar-refractivity contribution in [1.29, 1.82) is 0 Å². The molecule has 132 valence electrons. The monoisotopic (exact) mass is 338 g/mol. The van der Waals surface area contributed by atoms with Crippen molar-refractivity contribution >= 4 is 11.8 Å². The number of allylic oxidation sites excluding steroid dienone is 4. The standard InChI is InChI=1S/C19H24F2O3/c1-10(2)8-13-17(19(13,4)5)18(23)24-15-9-14(22)12(11(15)3)6-7-16(20)21/h7-8,13,15,17H,6,9H2,1-5H3. The third-order valence-electron chi connectivity index (χ3n) is 5.06. The summed E-state index contributed by atoms with van der Waals surface area (Å²) in [4.78, 5) is 24.5. The van der Waals surface area contributed by atoms with Crippen LogP contribution in [0.5, 0.6) is 0 Å². The van der Waals surface area contributed by atoms with Gasteiger partial charge in [-0.2, -0.15) is 8.78 Å². The van der Waals surface area contributed by atoms with Crippen molar-refractivity contribution in [1.82, 2.24) is 0 Å². The molecule has 0 spiro atoms. The maximum atomic E-state index is 12.5. The van der Waals surface area contributed by atoms with Crippen LogP contribution >= 0.6 is 0 Å². The summed E-state index contributed by atoms with van der Waals surface area (Å²) in [5, 5.41) is 0. The van der Waals surface area contributed by atoms with Crippen molar-refractivity contribution in [2.24, 2.45) is 17.3 Å². The van der Waals surface area contributed by atoms with Crippen molar-refractivity contribution in [3.05, 3.63) is 35.0 Å². The van der Waals surface area contributed by atoms with Gasteiger partial charge in [-0.1, -0.05) is 25.5 Å². The van der Waals surface area contributed by atoms with Crippen molar-refractivity contribution in [3.63, 3.8) is 0 Å². The third kappa shape index (κ3) is 3.65. The summed E-state index contributed by atoms with van der Waals surface area (Å²) in [7, 11) is 0. The number of Topliss-reactive ketones (excluding diaryl/α,β-unsaturated/α-hetero) is 1. The molecule has 1 saturated carbocycles. The molecule has 0 radical (unpaired) electrons. The molecule has 0 heterocycles. The topological polar surface area (TPSA) is 43.4 Å². The summed E-state index contributed by atoms with van der Waals surface area (Å²) in [6, 6.07) is 0. The zero-order valence-corrected chi connectivity index (χ0v) is 14.8. The Kier molecular flexibility index (Phi) is 5.11. The van der Waals surface area contributed by atoms with E-state index in [1.165, 1.54) is 0 Å². The summed E-state index contributed by atoms with van der Waals surface area (Å²) in [6.07, 6.45) is 0.295. The number of halogens is 2. The molecule has 0 aromatic rings. The van der Waals surface area contributed by atoms with Crippen LogP contribution < -0.4 is 0 Å². The van der Waals surface area contributed by atoms with E-state index in [9.17, 15) is 18.4 Å². The highest BCUT2D eigenvalue weighted by Crippen LogP contribution is 2.60. The highest BCUT2D eigenvalue weighted by molar-refractivity contribution is 6.00. The Morgan fingerprint density at radius 3 is 2.50 bits per heavy atom. The lowest BCUT2D eigenvalue weighted by Gasteiger charge is -2.13. The summed E-state index contributed by atoms with van der Waals surface area (Å²) in [6.45, 7) is 9.69. The van der Waals surface area contributed by atoms with Gasteiger partial charge in [0.1, 0.15) is 6.10 Å². The van der Waals surface area contributed by atoms with Crippen LogP contribution in [-0.4, -0.2) is 17.9 Å². The molecule has 3 atom stereocenters. The van der Waals surface area contributed by atoms with Gasteiger partial charge in [-0.25, -0.2) is 0 Å². The maximum absolute atomic E-state index is 12.5. The molecule has 2 rings (SSSR count). The molecule has 0 aliphatic heterocycles. The number of hydrogen-bond donors (Lipinski definition) is 0. The summed E-state index contributed by atoms with van der Waals surface area (Å²) < 4.78 is 30.0. The van der Waals surface area contributed by atoms with Crippen LogP contribution in [0.3, 0.4) is 0 Å². The SMILES string of the molecule is CC(C)=CC1C(C(=O)OC2CC(=O)C(CC=C(F)F)=C2C)C1(C)C. The molecule has 5 heteroatoms. The molecular formula is C19H24F2O3. The van der Waals surface area contributed by atoms with E-state index in [2.05, 4.69) is 6.08 Å². The Balaban J connectivity index is 2.07. The van der Waals surface area contributed by atoms with Crippen molar-refractivity contribution in [2.75, 3.05) is 0 Å². The van der Waals surface area contributed by atoms with Crippen molar-refractivity contribution < 1.29 is 23.1 Å². The lowest BCUT2D eigenvalue weighted by Crippen LogP contribution is -2.20. The molecule has 1 fully saturated rings. The van der Waals surface area contributed by atoms with E-state index in [1.54, 1.807) is 6.92 Å². The number of carbonyl (C=O) groups excluding carboxylic acids is 2. The van der Waals surface area contributed by atoms with Gasteiger partial charge in [0, 0.05) is 5.57 Å². The number of esters is 1. The Labute approximate surface area is 141 Å². The molecule has 3 nitrogen and oxygen atoms in total. The largest absolute Gasteiger partial charge is 0.457 e. The molecule has 0 saturated heterocycles. The van der Waals surface area contributed by atoms with Crippen LogP contribution in [0.25, 0.3) is 0 Å². The number of hydrogen-bond acceptors (Lipinski definition) is 3. The zero-order valence-electron chi connectivity index (χ0n) is 14.8. The Bertz CT molecular complexity index is 648. The first-order chi connectivity index (χ1) is 11.1. The van der Waals surface area contributed by atoms with Gasteiger partial charge in [-0.05, 0) is 50.2 Å². The van der Waals surface area contributed by atoms with E-state index in [-0.39, 0.29) is 41.8 Å². The van der Waals surface area contributed by atoms with E-state index in [4.69, 9.17) is 4.74 Å². The first kappa shape index (κ1) is 18.6. The van der Waals surface area contributed by atoms with E-state index in [0.717, 1.165) is 11.6 Å². The fourth-order valence-corrected chi connectivity index (χ4v) is 3.45. The highest BCUT2D eigenvalue weighted by atomic mass is 19.3. The van der Waals surface area contributed by atoms with Gasteiger partial charge in [-0.3, -0.25) is 9.59 Å². The van der Waals surface area contributed by atoms with E-state index < -0.39 is 12.2 Å². The van der Waals surface area contributed by atoms with Crippen LogP contribution in [0.2, 0.25) is 0 Å². The van der Waals surface area contributed by atoms with Gasteiger partial charge in [-0.15, -0.1) is 0 Å². The lowest BCUT2D eigenvalue weighted by atomic mass is 10.1. The fraction of sp³-hybridized carbons (Fsp3) is 0.579. The smallest absolute Gasteiger partial charge is 0.310 e. The van der Waals surface area contributed by atoms with Gasteiger partial charge < -0.3 is 4.74 Å². The van der Waals surface area contributed by atoms with Crippen molar-refractivity contribution in [3.8, 4) is 0 Å². The van der Waals surface area contributed by atoms with Crippen LogP contribution in [0.1, 0.15) is 47.5 Å². The third-order valence-corrected chi connectivity index (χ3v) is 5.06. The maximum Gasteiger partial charge on any atom is 0.310 e. The number of ether oxygens (including phenoxy) is 1. The highest BCUT2D eigenvalue weighted by Gasteiger charge is 2.61. The van der Waals surface area contributed by atoms with Crippen LogP contribution in [0, 0.1) is 17.3 Å². The van der Waals surface area contributed by atoms with Gasteiger partial charge in [0.05, 0.1) is 12.3 Å². The quantitative estimate of drug-likeness (QED) is 0.544. The van der Waals surface area contributed by atoms with E-state index >= 15 is 0 Å². The Hall–Kier alpha value is -1.78. The van der Waals surface area contributed by atoms with E-state index in [1.807, 2.05) is 27.7 Å². The van der Waals surface area contributed by atoms with Crippen LogP contribution in [0.15, 0.2) is 35.0 Å². The number of carbonyl (C=O) groups is 2. The predicted octanol–water partition coefficient (Wildman–Crippen LogP) is 4.60. The molecule has 0 N–H and O–H groups in total. The fourth-order valence-electron chi connectivity index (χ4n) is 3.45.